The van der Waals surface area contributed by atoms with E-state index in [1.165, 1.54) is 0 Å². The largest absolute Gasteiger partial charge is 0.356 e. The van der Waals surface area contributed by atoms with Gasteiger partial charge in [0.25, 0.3) is 5.92 Å². The van der Waals surface area contributed by atoms with Gasteiger partial charge in [-0.25, -0.2) is 4.98 Å². The molecule has 1 aromatic rings. The summed E-state index contributed by atoms with van der Waals surface area (Å²) in [5.41, 5.74) is 0.521. The van der Waals surface area contributed by atoms with Crippen molar-refractivity contribution in [1.82, 2.24) is 20.2 Å². The van der Waals surface area contributed by atoms with Crippen LogP contribution in [-0.4, -0.2) is 72.6 Å². The lowest BCUT2D eigenvalue weighted by molar-refractivity contribution is -0.132. The number of hydrogen-bond donors (Lipinski definition) is 1. The number of amides is 1. The molecule has 3 saturated heterocycles. The SMILES string of the molecule is C[C@H]1CCN1c1nc(N2CC[C@H](CC(=O)N3CCNCC3)C2)c2c(n1)C(F)(F)CC2. The highest BCUT2D eigenvalue weighted by Gasteiger charge is 2.45. The van der Waals surface area contributed by atoms with Gasteiger partial charge in [0.15, 0.2) is 0 Å². The van der Waals surface area contributed by atoms with Gasteiger partial charge in [0.05, 0.1) is 0 Å². The minimum Gasteiger partial charge on any atom is -0.356 e. The van der Waals surface area contributed by atoms with Gasteiger partial charge < -0.3 is 20.0 Å². The molecule has 0 bridgehead atoms. The van der Waals surface area contributed by atoms with Crippen LogP contribution in [0.25, 0.3) is 0 Å². The second-order valence-electron chi connectivity index (χ2n) is 9.15. The predicted octanol–water partition coefficient (Wildman–Crippen LogP) is 1.76. The van der Waals surface area contributed by atoms with Gasteiger partial charge in [-0.05, 0) is 32.1 Å². The number of hydrogen-bond acceptors (Lipinski definition) is 6. The van der Waals surface area contributed by atoms with E-state index in [9.17, 15) is 13.6 Å². The Bertz CT molecular complexity index is 828. The molecule has 1 N–H and O–H groups in total. The first-order chi connectivity index (χ1) is 14.4. The maximum Gasteiger partial charge on any atom is 0.290 e. The average molecular weight is 421 g/mol. The highest BCUT2D eigenvalue weighted by atomic mass is 19.3. The second-order valence-corrected chi connectivity index (χ2v) is 9.15. The number of rotatable bonds is 4. The summed E-state index contributed by atoms with van der Waals surface area (Å²) in [6.45, 7) is 7.56. The fourth-order valence-corrected chi connectivity index (χ4v) is 5.08. The van der Waals surface area contributed by atoms with Crippen molar-refractivity contribution in [2.75, 3.05) is 55.6 Å². The third-order valence-corrected chi connectivity index (χ3v) is 7.10. The molecule has 1 aliphatic carbocycles. The van der Waals surface area contributed by atoms with Gasteiger partial charge in [-0.1, -0.05) is 0 Å². The molecule has 164 valence electrons. The van der Waals surface area contributed by atoms with Gasteiger partial charge in [0.1, 0.15) is 11.5 Å². The van der Waals surface area contributed by atoms with Crippen LogP contribution in [-0.2, 0) is 17.1 Å². The van der Waals surface area contributed by atoms with Gasteiger partial charge >= 0.3 is 0 Å². The Morgan fingerprint density at radius 1 is 1.17 bits per heavy atom. The van der Waals surface area contributed by atoms with Crippen molar-refractivity contribution in [1.29, 1.82) is 0 Å². The van der Waals surface area contributed by atoms with Crippen LogP contribution in [0.5, 0.6) is 0 Å². The standard InChI is InChI=1S/C21H30F2N6O/c1-14-3-9-29(14)20-25-18-16(2-5-21(18,22)23)19(26-20)28-8-4-15(13-28)12-17(30)27-10-6-24-7-11-27/h14-15,24H,2-13H2,1H3/t14-,15+/m0/s1. The smallest absolute Gasteiger partial charge is 0.290 e. The van der Waals surface area contributed by atoms with Crippen molar-refractivity contribution >= 4 is 17.7 Å². The topological polar surface area (TPSA) is 64.6 Å². The average Bonchev–Trinajstić information content (AvgIpc) is 3.31. The molecule has 30 heavy (non-hydrogen) atoms. The number of alkyl halides is 2. The Morgan fingerprint density at radius 3 is 2.67 bits per heavy atom. The Labute approximate surface area is 175 Å². The molecule has 0 radical (unpaired) electrons. The summed E-state index contributed by atoms with van der Waals surface area (Å²) in [4.78, 5) is 27.8. The number of halogens is 2. The Hall–Kier alpha value is -2.03. The quantitative estimate of drug-likeness (QED) is 0.801. The van der Waals surface area contributed by atoms with E-state index < -0.39 is 5.92 Å². The minimum atomic E-state index is -2.88. The zero-order valence-corrected chi connectivity index (χ0v) is 17.5. The van der Waals surface area contributed by atoms with E-state index in [2.05, 4.69) is 22.1 Å². The van der Waals surface area contributed by atoms with Gasteiger partial charge in [-0.15, -0.1) is 0 Å². The number of piperazine rings is 1. The second kappa shape index (κ2) is 7.59. The summed E-state index contributed by atoms with van der Waals surface area (Å²) in [5, 5.41) is 3.27. The van der Waals surface area contributed by atoms with Crippen LogP contribution in [0.4, 0.5) is 20.5 Å². The van der Waals surface area contributed by atoms with Gasteiger partial charge in [0, 0.05) is 70.3 Å². The highest BCUT2D eigenvalue weighted by molar-refractivity contribution is 5.76. The molecular formula is C21H30F2N6O. The lowest BCUT2D eigenvalue weighted by Crippen LogP contribution is -2.47. The molecule has 4 heterocycles. The van der Waals surface area contributed by atoms with Crippen LogP contribution in [0.3, 0.4) is 0 Å². The highest BCUT2D eigenvalue weighted by Crippen LogP contribution is 2.45. The van der Waals surface area contributed by atoms with E-state index in [-0.39, 0.29) is 30.0 Å². The van der Waals surface area contributed by atoms with Crippen molar-refractivity contribution in [2.24, 2.45) is 5.92 Å². The summed E-state index contributed by atoms with van der Waals surface area (Å²) in [7, 11) is 0. The van der Waals surface area contributed by atoms with E-state index in [0.29, 0.717) is 36.7 Å². The summed E-state index contributed by atoms with van der Waals surface area (Å²) >= 11 is 0. The number of carbonyl (C=O) groups excluding carboxylic acids is 1. The Balaban J connectivity index is 1.34. The molecule has 3 aliphatic heterocycles. The first-order valence-electron chi connectivity index (χ1n) is 11.2. The van der Waals surface area contributed by atoms with Crippen LogP contribution in [0, 0.1) is 5.92 Å². The molecule has 3 fully saturated rings. The number of fused-ring (bicyclic) bond motifs is 1. The van der Waals surface area contributed by atoms with E-state index in [1.54, 1.807) is 0 Å². The van der Waals surface area contributed by atoms with Crippen LogP contribution < -0.4 is 15.1 Å². The molecule has 7 nitrogen and oxygen atoms in total. The number of anilines is 2. The van der Waals surface area contributed by atoms with Gasteiger partial charge in [-0.2, -0.15) is 13.8 Å². The molecule has 0 saturated carbocycles. The number of carbonyl (C=O) groups is 1. The van der Waals surface area contributed by atoms with Crippen molar-refractivity contribution in [3.8, 4) is 0 Å². The molecule has 1 aromatic heterocycles. The maximum atomic E-state index is 14.5. The fourth-order valence-electron chi connectivity index (χ4n) is 5.08. The number of nitrogens with one attached hydrogen (secondary N) is 1. The van der Waals surface area contributed by atoms with Crippen molar-refractivity contribution in [2.45, 2.75) is 51.0 Å². The summed E-state index contributed by atoms with van der Waals surface area (Å²) in [6.07, 6.45) is 2.57. The monoisotopic (exact) mass is 420 g/mol. The lowest BCUT2D eigenvalue weighted by atomic mass is 10.0. The molecule has 5 rings (SSSR count). The van der Waals surface area contributed by atoms with Crippen LogP contribution >= 0.6 is 0 Å². The molecule has 9 heteroatoms. The van der Waals surface area contributed by atoms with Crippen LogP contribution in [0.1, 0.15) is 43.9 Å². The van der Waals surface area contributed by atoms with Crippen molar-refractivity contribution in [3.63, 3.8) is 0 Å². The molecule has 0 unspecified atom stereocenters. The number of aromatic nitrogens is 2. The van der Waals surface area contributed by atoms with Crippen molar-refractivity contribution < 1.29 is 13.6 Å². The first-order valence-corrected chi connectivity index (χ1v) is 11.2. The Kier molecular flexibility index (Phi) is 5.03. The van der Waals surface area contributed by atoms with Crippen LogP contribution in [0.2, 0.25) is 0 Å². The zero-order chi connectivity index (χ0) is 20.9. The van der Waals surface area contributed by atoms with E-state index in [4.69, 9.17) is 4.98 Å². The molecular weight excluding hydrogens is 390 g/mol. The summed E-state index contributed by atoms with van der Waals surface area (Å²) in [6, 6.07) is 0.286. The minimum absolute atomic E-state index is 0.0815. The number of nitrogens with zero attached hydrogens (tertiary/aromatic N) is 5. The third kappa shape index (κ3) is 3.50. The lowest BCUT2D eigenvalue weighted by Gasteiger charge is -2.39. The predicted molar refractivity (Wildman–Crippen MR) is 110 cm³/mol. The van der Waals surface area contributed by atoms with E-state index >= 15 is 0 Å². The van der Waals surface area contributed by atoms with Gasteiger partial charge in [0.2, 0.25) is 11.9 Å². The first kappa shape index (κ1) is 19.9. The molecule has 1 amide bonds. The molecule has 4 aliphatic rings. The maximum absolute atomic E-state index is 14.5. The van der Waals surface area contributed by atoms with Crippen molar-refractivity contribution in [3.05, 3.63) is 11.3 Å². The molecule has 2 atom stereocenters. The normalized spacial score (nSPS) is 27.9. The Morgan fingerprint density at radius 2 is 1.97 bits per heavy atom. The molecule has 0 spiro atoms. The van der Waals surface area contributed by atoms with E-state index in [1.807, 2.05) is 9.80 Å². The molecule has 0 aromatic carbocycles. The zero-order valence-electron chi connectivity index (χ0n) is 17.5. The van der Waals surface area contributed by atoms with Crippen LogP contribution in [0.15, 0.2) is 0 Å². The third-order valence-electron chi connectivity index (χ3n) is 7.10. The van der Waals surface area contributed by atoms with E-state index in [0.717, 1.165) is 52.1 Å². The summed E-state index contributed by atoms with van der Waals surface area (Å²) < 4.78 is 29.1. The van der Waals surface area contributed by atoms with Gasteiger partial charge in [-0.3, -0.25) is 4.79 Å². The summed E-state index contributed by atoms with van der Waals surface area (Å²) in [5.74, 6) is -1.33. The fraction of sp³-hybridized carbons (Fsp3) is 0.762.